The molecule has 1 amide bonds. The second-order valence-corrected chi connectivity index (χ2v) is 7.31. The lowest BCUT2D eigenvalue weighted by Crippen LogP contribution is -2.44. The number of carbonyl (C=O) groups is 1. The van der Waals surface area contributed by atoms with Crippen molar-refractivity contribution in [1.29, 1.82) is 0 Å². The quantitative estimate of drug-likeness (QED) is 0.781. The number of aliphatic hydroxyl groups excluding tert-OH is 1. The van der Waals surface area contributed by atoms with Gasteiger partial charge in [0.15, 0.2) is 0 Å². The molecule has 0 bridgehead atoms. The zero-order valence-corrected chi connectivity index (χ0v) is 15.6. The maximum atomic E-state index is 12.5. The molecular weight excluding hydrogens is 337 g/mol. The zero-order chi connectivity index (χ0) is 14.9. The number of amides is 1. The number of hydrogen-bond donors (Lipinski definition) is 2. The number of hydrogen-bond acceptors (Lipinski definition) is 4. The predicted molar refractivity (Wildman–Crippen MR) is 96.5 cm³/mol. The molecule has 5 nitrogen and oxygen atoms in total. The van der Waals surface area contributed by atoms with Gasteiger partial charge in [0.05, 0.1) is 13.2 Å². The highest BCUT2D eigenvalue weighted by molar-refractivity contribution is 5.85. The van der Waals surface area contributed by atoms with Crippen molar-refractivity contribution in [2.45, 2.75) is 38.1 Å². The van der Waals surface area contributed by atoms with Crippen LogP contribution in [0.4, 0.5) is 0 Å². The smallest absolute Gasteiger partial charge is 0.236 e. The Hall–Kier alpha value is -0.0700. The molecule has 0 aromatic carbocycles. The highest BCUT2D eigenvalue weighted by atomic mass is 35.5. The largest absolute Gasteiger partial charge is 0.396 e. The van der Waals surface area contributed by atoms with Gasteiger partial charge in [0, 0.05) is 38.1 Å². The number of rotatable bonds is 4. The van der Waals surface area contributed by atoms with Crippen molar-refractivity contribution in [2.75, 3.05) is 46.4 Å². The van der Waals surface area contributed by atoms with Crippen LogP contribution >= 0.6 is 24.8 Å². The summed E-state index contributed by atoms with van der Waals surface area (Å²) in [6.45, 7) is 4.41. The van der Waals surface area contributed by atoms with Gasteiger partial charge in [-0.3, -0.25) is 9.69 Å². The van der Waals surface area contributed by atoms with Crippen molar-refractivity contribution in [3.63, 3.8) is 0 Å². The van der Waals surface area contributed by atoms with Crippen LogP contribution in [-0.4, -0.2) is 73.2 Å². The molecule has 2 aliphatic heterocycles. The van der Waals surface area contributed by atoms with Gasteiger partial charge in [-0.25, -0.2) is 0 Å². The van der Waals surface area contributed by atoms with Crippen LogP contribution in [0, 0.1) is 11.3 Å². The molecule has 2 N–H and O–H groups in total. The Morgan fingerprint density at radius 2 is 2.00 bits per heavy atom. The molecule has 1 aliphatic carbocycles. The average molecular weight is 368 g/mol. The fraction of sp³-hybridized carbons (Fsp3) is 0.938. The van der Waals surface area contributed by atoms with Crippen LogP contribution < -0.4 is 5.32 Å². The molecule has 2 saturated heterocycles. The molecule has 2 heterocycles. The van der Waals surface area contributed by atoms with Crippen molar-refractivity contribution in [2.24, 2.45) is 11.3 Å². The Morgan fingerprint density at radius 1 is 1.30 bits per heavy atom. The summed E-state index contributed by atoms with van der Waals surface area (Å²) in [5.41, 5.74) is -0.0102. The third-order valence-electron chi connectivity index (χ3n) is 5.94. The van der Waals surface area contributed by atoms with Gasteiger partial charge in [-0.1, -0.05) is 19.3 Å². The molecule has 7 heteroatoms. The topological polar surface area (TPSA) is 55.8 Å². The van der Waals surface area contributed by atoms with E-state index in [0.717, 1.165) is 39.0 Å². The molecule has 2 atom stereocenters. The second kappa shape index (κ2) is 8.86. The first-order valence-corrected chi connectivity index (χ1v) is 8.44. The van der Waals surface area contributed by atoms with E-state index in [1.807, 2.05) is 11.9 Å². The van der Waals surface area contributed by atoms with Gasteiger partial charge in [-0.2, -0.15) is 0 Å². The predicted octanol–water partition coefficient (Wildman–Crippen LogP) is 1.13. The Bertz CT molecular complexity index is 394. The monoisotopic (exact) mass is 367 g/mol. The SMILES string of the molecule is CN(C(=O)CN1CC2CNCC2(CO)C1)C1CCCCC1.Cl.Cl. The Morgan fingerprint density at radius 3 is 2.61 bits per heavy atom. The minimum atomic E-state index is -0.0102. The summed E-state index contributed by atoms with van der Waals surface area (Å²) in [4.78, 5) is 16.8. The Labute approximate surface area is 152 Å². The van der Waals surface area contributed by atoms with E-state index >= 15 is 0 Å². The van der Waals surface area contributed by atoms with Crippen molar-refractivity contribution in [1.82, 2.24) is 15.1 Å². The lowest BCUT2D eigenvalue weighted by Gasteiger charge is -2.32. The standard InChI is InChI=1S/C16H29N3O2.2ClH/c1-18(14-5-3-2-4-6-14)15(21)9-19-8-13-7-17-10-16(13,11-19)12-20;;/h13-14,17,20H,2-12H2,1H3;2*1H. The fourth-order valence-corrected chi connectivity index (χ4v) is 4.45. The van der Waals surface area contributed by atoms with Gasteiger partial charge in [-0.05, 0) is 25.3 Å². The molecular formula is C16H31Cl2N3O2. The summed E-state index contributed by atoms with van der Waals surface area (Å²) in [6, 6.07) is 0.446. The summed E-state index contributed by atoms with van der Waals surface area (Å²) >= 11 is 0. The first kappa shape index (κ1) is 21.0. The number of fused-ring (bicyclic) bond motifs is 1. The lowest BCUT2D eigenvalue weighted by atomic mass is 9.82. The number of halogens is 2. The van der Waals surface area contributed by atoms with Gasteiger partial charge in [0.1, 0.15) is 0 Å². The third-order valence-corrected chi connectivity index (χ3v) is 5.94. The summed E-state index contributed by atoms with van der Waals surface area (Å²) < 4.78 is 0. The van der Waals surface area contributed by atoms with Gasteiger partial charge in [0.2, 0.25) is 5.91 Å². The summed E-state index contributed by atoms with van der Waals surface area (Å²) in [6.07, 6.45) is 6.16. The van der Waals surface area contributed by atoms with Gasteiger partial charge >= 0.3 is 0 Å². The van der Waals surface area contributed by atoms with E-state index in [4.69, 9.17) is 0 Å². The Balaban J connectivity index is 0.00000132. The summed E-state index contributed by atoms with van der Waals surface area (Å²) in [5, 5.41) is 13.1. The van der Waals surface area contributed by atoms with Crippen LogP contribution in [0.25, 0.3) is 0 Å². The molecule has 3 aliphatic rings. The average Bonchev–Trinajstić information content (AvgIpc) is 3.04. The normalized spacial score (nSPS) is 31.1. The van der Waals surface area contributed by atoms with E-state index in [2.05, 4.69) is 10.2 Å². The zero-order valence-electron chi connectivity index (χ0n) is 14.0. The molecule has 3 fully saturated rings. The third kappa shape index (κ3) is 4.31. The van der Waals surface area contributed by atoms with E-state index in [-0.39, 0.29) is 42.7 Å². The number of likely N-dealkylation sites (N-methyl/N-ethyl adjacent to an activating group) is 1. The second-order valence-electron chi connectivity index (χ2n) is 7.31. The van der Waals surface area contributed by atoms with Crippen LogP contribution in [0.2, 0.25) is 0 Å². The molecule has 3 rings (SSSR count). The molecule has 0 spiro atoms. The molecule has 0 aromatic rings. The Kier molecular flexibility index (Phi) is 8.08. The van der Waals surface area contributed by atoms with Gasteiger partial charge in [0.25, 0.3) is 0 Å². The van der Waals surface area contributed by atoms with Crippen LogP contribution in [0.15, 0.2) is 0 Å². The first-order chi connectivity index (χ1) is 10.1. The molecule has 0 radical (unpaired) electrons. The molecule has 1 saturated carbocycles. The molecule has 23 heavy (non-hydrogen) atoms. The van der Waals surface area contributed by atoms with E-state index in [9.17, 15) is 9.90 Å². The number of likely N-dealkylation sites (tertiary alicyclic amines) is 1. The fourth-order valence-electron chi connectivity index (χ4n) is 4.45. The summed E-state index contributed by atoms with van der Waals surface area (Å²) in [7, 11) is 1.97. The van der Waals surface area contributed by atoms with Gasteiger partial charge < -0.3 is 15.3 Å². The molecule has 0 aromatic heterocycles. The van der Waals surface area contributed by atoms with E-state index in [1.165, 1.54) is 19.3 Å². The van der Waals surface area contributed by atoms with Crippen molar-refractivity contribution >= 4 is 30.7 Å². The summed E-state index contributed by atoms with van der Waals surface area (Å²) in [5.74, 6) is 0.748. The maximum Gasteiger partial charge on any atom is 0.236 e. The number of nitrogens with one attached hydrogen (secondary N) is 1. The van der Waals surface area contributed by atoms with Crippen LogP contribution in [-0.2, 0) is 4.79 Å². The first-order valence-electron chi connectivity index (χ1n) is 8.44. The van der Waals surface area contributed by atoms with Crippen molar-refractivity contribution < 1.29 is 9.90 Å². The van der Waals surface area contributed by atoms with Crippen LogP contribution in [0.3, 0.4) is 0 Å². The van der Waals surface area contributed by atoms with E-state index < -0.39 is 0 Å². The van der Waals surface area contributed by atoms with E-state index in [0.29, 0.717) is 18.5 Å². The number of aliphatic hydroxyl groups is 1. The highest BCUT2D eigenvalue weighted by Gasteiger charge is 2.49. The van der Waals surface area contributed by atoms with Crippen LogP contribution in [0.1, 0.15) is 32.1 Å². The highest BCUT2D eigenvalue weighted by Crippen LogP contribution is 2.38. The van der Waals surface area contributed by atoms with Gasteiger partial charge in [-0.15, -0.1) is 24.8 Å². The van der Waals surface area contributed by atoms with Crippen LogP contribution in [0.5, 0.6) is 0 Å². The minimum absolute atomic E-state index is 0. The maximum absolute atomic E-state index is 12.5. The van der Waals surface area contributed by atoms with E-state index in [1.54, 1.807) is 0 Å². The van der Waals surface area contributed by atoms with Crippen molar-refractivity contribution in [3.8, 4) is 0 Å². The minimum Gasteiger partial charge on any atom is -0.396 e. The van der Waals surface area contributed by atoms with Crippen molar-refractivity contribution in [3.05, 3.63) is 0 Å². The molecule has 2 unspecified atom stereocenters. The number of nitrogens with zero attached hydrogens (tertiary/aromatic N) is 2. The number of carbonyl (C=O) groups excluding carboxylic acids is 1. The molecule has 136 valence electrons. The lowest BCUT2D eigenvalue weighted by molar-refractivity contribution is -0.133.